The Hall–Kier alpha value is -0.820. The Morgan fingerprint density at radius 3 is 2.39 bits per heavy atom. The zero-order valence-corrected chi connectivity index (χ0v) is 14.6. The Morgan fingerprint density at radius 2 is 1.57 bits per heavy atom. The van der Waals surface area contributed by atoms with E-state index in [0.717, 1.165) is 23.8 Å². The van der Waals surface area contributed by atoms with Crippen LogP contribution in [0.2, 0.25) is 0 Å². The first kappa shape index (κ1) is 15.7. The van der Waals surface area contributed by atoms with Crippen LogP contribution < -0.4 is 5.32 Å². The van der Waals surface area contributed by atoms with Crippen LogP contribution in [0.15, 0.2) is 30.3 Å². The van der Waals surface area contributed by atoms with Gasteiger partial charge in [0, 0.05) is 12.1 Å². The Balaban J connectivity index is 1.49. The molecule has 23 heavy (non-hydrogen) atoms. The maximum Gasteiger partial charge on any atom is 0.0325 e. The second kappa shape index (κ2) is 7.38. The Labute approximate surface area is 142 Å². The van der Waals surface area contributed by atoms with Gasteiger partial charge in [-0.3, -0.25) is 0 Å². The third-order valence-corrected chi connectivity index (χ3v) is 6.95. The number of fused-ring (bicyclic) bond motifs is 1. The van der Waals surface area contributed by atoms with E-state index in [2.05, 4.69) is 35.6 Å². The summed E-state index contributed by atoms with van der Waals surface area (Å²) in [5.41, 5.74) is 1.52. The lowest BCUT2D eigenvalue weighted by molar-refractivity contribution is 0.0854. The van der Waals surface area contributed by atoms with Gasteiger partial charge in [-0.25, -0.2) is 0 Å². The molecule has 3 unspecified atom stereocenters. The number of benzene rings is 1. The quantitative estimate of drug-likeness (QED) is 0.736. The van der Waals surface area contributed by atoms with E-state index in [4.69, 9.17) is 0 Å². The van der Waals surface area contributed by atoms with Crippen LogP contribution in [0.25, 0.3) is 0 Å². The predicted molar refractivity (Wildman–Crippen MR) is 97.4 cm³/mol. The number of nitrogens with one attached hydrogen (secondary N) is 1. The smallest absolute Gasteiger partial charge is 0.0325 e. The minimum absolute atomic E-state index is 0.601. The topological polar surface area (TPSA) is 12.0 Å². The number of hydrogen-bond acceptors (Lipinski definition) is 1. The highest BCUT2D eigenvalue weighted by atomic mass is 15.0. The van der Waals surface area contributed by atoms with Gasteiger partial charge in [0.1, 0.15) is 0 Å². The molecule has 4 atom stereocenters. The van der Waals surface area contributed by atoms with Crippen molar-refractivity contribution in [2.24, 2.45) is 17.8 Å². The van der Waals surface area contributed by atoms with E-state index in [-0.39, 0.29) is 0 Å². The lowest BCUT2D eigenvalue weighted by Gasteiger charge is -2.47. The molecule has 0 amide bonds. The summed E-state index contributed by atoms with van der Waals surface area (Å²) in [6.45, 7) is 0. The average Bonchev–Trinajstić information content (AvgIpc) is 2.63. The molecule has 0 radical (unpaired) electrons. The molecule has 1 saturated heterocycles. The molecule has 1 N–H and O–H groups in total. The highest BCUT2D eigenvalue weighted by molar-refractivity contribution is 5.20. The third-order valence-electron chi connectivity index (χ3n) is 6.95. The van der Waals surface area contributed by atoms with Crippen LogP contribution >= 0.6 is 0 Å². The van der Waals surface area contributed by atoms with Gasteiger partial charge < -0.3 is 5.32 Å². The van der Waals surface area contributed by atoms with Crippen molar-refractivity contribution in [2.75, 3.05) is 0 Å². The van der Waals surface area contributed by atoms with Gasteiger partial charge in [0.25, 0.3) is 0 Å². The molecular weight excluding hydrogens is 278 g/mol. The molecule has 0 spiro atoms. The van der Waals surface area contributed by atoms with Crippen molar-refractivity contribution in [1.82, 2.24) is 5.32 Å². The summed E-state index contributed by atoms with van der Waals surface area (Å²) in [7, 11) is 0. The van der Waals surface area contributed by atoms with E-state index in [9.17, 15) is 0 Å². The molecule has 2 saturated carbocycles. The standard InChI is InChI=1S/C22H33N/c1-3-9-17(10-4-1)15-22-20-14-8-7-13-19(20)16-21(23-22)18-11-5-2-6-12-18/h2,5-6,11-12,17,19-23H,1,3-4,7-10,13-16H2/t19?,20?,21-,22?/m1/s1. The van der Waals surface area contributed by atoms with Gasteiger partial charge in [0.15, 0.2) is 0 Å². The normalized spacial score (nSPS) is 35.7. The van der Waals surface area contributed by atoms with Crippen molar-refractivity contribution in [3.8, 4) is 0 Å². The average molecular weight is 312 g/mol. The van der Waals surface area contributed by atoms with E-state index in [0.29, 0.717) is 6.04 Å². The fourth-order valence-electron chi connectivity index (χ4n) is 5.75. The van der Waals surface area contributed by atoms with E-state index < -0.39 is 0 Å². The highest BCUT2D eigenvalue weighted by Crippen LogP contribution is 2.44. The minimum Gasteiger partial charge on any atom is -0.307 e. The van der Waals surface area contributed by atoms with Gasteiger partial charge in [-0.1, -0.05) is 81.7 Å². The summed E-state index contributed by atoms with van der Waals surface area (Å²) in [6, 6.07) is 12.6. The molecular formula is C22H33N. The molecule has 2 aliphatic carbocycles. The molecule has 1 aromatic carbocycles. The van der Waals surface area contributed by atoms with E-state index in [1.165, 1.54) is 76.2 Å². The summed E-state index contributed by atoms with van der Waals surface area (Å²) in [6.07, 6.45) is 16.2. The fraction of sp³-hybridized carbons (Fsp3) is 0.727. The molecule has 1 heteroatoms. The van der Waals surface area contributed by atoms with Crippen molar-refractivity contribution in [3.63, 3.8) is 0 Å². The molecule has 3 fully saturated rings. The second-order valence-electron chi connectivity index (χ2n) is 8.42. The van der Waals surface area contributed by atoms with Crippen LogP contribution in [0, 0.1) is 17.8 Å². The Kier molecular flexibility index (Phi) is 5.04. The second-order valence-corrected chi connectivity index (χ2v) is 8.42. The van der Waals surface area contributed by atoms with Gasteiger partial charge >= 0.3 is 0 Å². The Morgan fingerprint density at radius 1 is 0.826 bits per heavy atom. The van der Waals surface area contributed by atoms with Crippen LogP contribution in [0.3, 0.4) is 0 Å². The first-order chi connectivity index (χ1) is 11.4. The SMILES string of the molecule is c1ccc([C@H]2CC3CCCCC3C(CC3CCCCC3)N2)cc1. The molecule has 1 aliphatic heterocycles. The van der Waals surface area contributed by atoms with Crippen molar-refractivity contribution in [3.05, 3.63) is 35.9 Å². The van der Waals surface area contributed by atoms with Crippen LogP contribution in [0.1, 0.15) is 82.2 Å². The summed E-state index contributed by atoms with van der Waals surface area (Å²) < 4.78 is 0. The fourth-order valence-corrected chi connectivity index (χ4v) is 5.75. The molecule has 3 aliphatic rings. The van der Waals surface area contributed by atoms with Gasteiger partial charge in [-0.15, -0.1) is 0 Å². The highest BCUT2D eigenvalue weighted by Gasteiger charge is 2.39. The van der Waals surface area contributed by atoms with E-state index >= 15 is 0 Å². The van der Waals surface area contributed by atoms with Gasteiger partial charge in [-0.2, -0.15) is 0 Å². The van der Waals surface area contributed by atoms with Crippen molar-refractivity contribution in [2.45, 2.75) is 82.7 Å². The van der Waals surface area contributed by atoms with Gasteiger partial charge in [0.2, 0.25) is 0 Å². The number of hydrogen-bond donors (Lipinski definition) is 1. The van der Waals surface area contributed by atoms with Gasteiger partial charge in [0.05, 0.1) is 0 Å². The van der Waals surface area contributed by atoms with E-state index in [1.54, 1.807) is 0 Å². The van der Waals surface area contributed by atoms with E-state index in [1.807, 2.05) is 0 Å². The van der Waals surface area contributed by atoms with Crippen molar-refractivity contribution in [1.29, 1.82) is 0 Å². The maximum atomic E-state index is 4.12. The number of piperidine rings is 1. The zero-order chi connectivity index (χ0) is 15.5. The van der Waals surface area contributed by atoms with Crippen LogP contribution in [0.5, 0.6) is 0 Å². The van der Waals surface area contributed by atoms with Gasteiger partial charge in [-0.05, 0) is 42.6 Å². The molecule has 1 aromatic rings. The summed E-state index contributed by atoms with van der Waals surface area (Å²) in [4.78, 5) is 0. The Bertz CT molecular complexity index is 476. The molecule has 0 aromatic heterocycles. The monoisotopic (exact) mass is 311 g/mol. The summed E-state index contributed by atoms with van der Waals surface area (Å²) in [5.74, 6) is 2.94. The predicted octanol–water partition coefficient (Wildman–Crippen LogP) is 5.87. The zero-order valence-electron chi connectivity index (χ0n) is 14.6. The minimum atomic E-state index is 0.601. The molecule has 1 nitrogen and oxygen atoms in total. The largest absolute Gasteiger partial charge is 0.307 e. The summed E-state index contributed by atoms with van der Waals surface area (Å²) in [5, 5.41) is 4.12. The third kappa shape index (κ3) is 3.65. The molecule has 4 rings (SSSR count). The summed E-state index contributed by atoms with van der Waals surface area (Å²) >= 11 is 0. The molecule has 1 heterocycles. The number of rotatable bonds is 3. The lowest BCUT2D eigenvalue weighted by Crippen LogP contribution is -2.49. The first-order valence-electron chi connectivity index (χ1n) is 10.2. The lowest BCUT2D eigenvalue weighted by atomic mass is 9.67. The van der Waals surface area contributed by atoms with Crippen LogP contribution in [-0.2, 0) is 0 Å². The van der Waals surface area contributed by atoms with Crippen molar-refractivity contribution >= 4 is 0 Å². The van der Waals surface area contributed by atoms with Crippen LogP contribution in [0.4, 0.5) is 0 Å². The molecule has 126 valence electrons. The first-order valence-corrected chi connectivity index (χ1v) is 10.2. The molecule has 0 bridgehead atoms. The van der Waals surface area contributed by atoms with Crippen molar-refractivity contribution < 1.29 is 0 Å². The van der Waals surface area contributed by atoms with Crippen LogP contribution in [-0.4, -0.2) is 6.04 Å². The maximum absolute atomic E-state index is 4.12.